The van der Waals surface area contributed by atoms with Crippen LogP contribution in [-0.4, -0.2) is 58.1 Å². The summed E-state index contributed by atoms with van der Waals surface area (Å²) in [4.78, 5) is 31.1. The normalized spacial score (nSPS) is 16.5. The van der Waals surface area contributed by atoms with Crippen LogP contribution in [-0.2, 0) is 13.1 Å². The molecule has 0 amide bonds. The Hall–Kier alpha value is -4.08. The molecule has 196 valence electrons. The minimum atomic E-state index is -1.46. The van der Waals surface area contributed by atoms with E-state index in [9.17, 15) is 23.5 Å². The summed E-state index contributed by atoms with van der Waals surface area (Å²) in [6.07, 6.45) is 0.973. The summed E-state index contributed by atoms with van der Waals surface area (Å²) in [6, 6.07) is 20.6. The third-order valence-electron chi connectivity index (χ3n) is 6.84. The van der Waals surface area contributed by atoms with Crippen molar-refractivity contribution in [2.24, 2.45) is 0 Å². The number of piperazine rings is 1. The van der Waals surface area contributed by atoms with Crippen molar-refractivity contribution in [2.45, 2.75) is 19.1 Å². The molecule has 4 aromatic rings. The maximum absolute atomic E-state index is 14.9. The van der Waals surface area contributed by atoms with Gasteiger partial charge in [0.25, 0.3) is 0 Å². The van der Waals surface area contributed by atoms with Crippen LogP contribution in [0.4, 0.5) is 8.78 Å². The average Bonchev–Trinajstić information content (AvgIpc) is 2.92. The fourth-order valence-corrected chi connectivity index (χ4v) is 4.88. The first kappa shape index (κ1) is 25.6. The quantitative estimate of drug-likeness (QED) is 0.362. The van der Waals surface area contributed by atoms with Crippen molar-refractivity contribution >= 4 is 16.9 Å². The van der Waals surface area contributed by atoms with E-state index >= 15 is 0 Å². The number of carboxylic acids is 1. The number of fused-ring (bicyclic) bond motifs is 1. The van der Waals surface area contributed by atoms with Gasteiger partial charge in [0.05, 0.1) is 16.9 Å². The Labute approximate surface area is 217 Å². The van der Waals surface area contributed by atoms with Crippen LogP contribution in [0, 0.1) is 11.6 Å². The SMILES string of the molecule is O=C(O)c1c[nH]c2c(OCC3CN(Cc4ccccc4)CCN3Cc3ccccc3)c(F)c(F)cc2c1=O. The van der Waals surface area contributed by atoms with Crippen LogP contribution in [0.1, 0.15) is 21.5 Å². The maximum Gasteiger partial charge on any atom is 0.341 e. The summed E-state index contributed by atoms with van der Waals surface area (Å²) >= 11 is 0. The Morgan fingerprint density at radius 1 is 1.00 bits per heavy atom. The molecule has 1 unspecified atom stereocenters. The number of rotatable bonds is 8. The first-order valence-corrected chi connectivity index (χ1v) is 12.3. The smallest absolute Gasteiger partial charge is 0.341 e. The van der Waals surface area contributed by atoms with E-state index in [1.807, 2.05) is 48.5 Å². The number of aromatic nitrogens is 1. The van der Waals surface area contributed by atoms with Crippen molar-refractivity contribution in [3.8, 4) is 5.75 Å². The van der Waals surface area contributed by atoms with E-state index in [0.717, 1.165) is 31.4 Å². The molecule has 1 atom stereocenters. The molecule has 1 saturated heterocycles. The molecule has 38 heavy (non-hydrogen) atoms. The number of hydrogen-bond donors (Lipinski definition) is 2. The second-order valence-corrected chi connectivity index (χ2v) is 9.40. The zero-order valence-electron chi connectivity index (χ0n) is 20.6. The number of ether oxygens (including phenoxy) is 1. The molecule has 1 aliphatic rings. The summed E-state index contributed by atoms with van der Waals surface area (Å²) in [7, 11) is 0. The monoisotopic (exact) mass is 519 g/mol. The summed E-state index contributed by atoms with van der Waals surface area (Å²) in [5.41, 5.74) is 0.754. The van der Waals surface area contributed by atoms with Crippen LogP contribution in [0.2, 0.25) is 0 Å². The first-order chi connectivity index (χ1) is 18.4. The van der Waals surface area contributed by atoms with Gasteiger partial charge in [-0.3, -0.25) is 14.6 Å². The van der Waals surface area contributed by atoms with Crippen molar-refractivity contribution < 1.29 is 23.4 Å². The van der Waals surface area contributed by atoms with Gasteiger partial charge in [-0.25, -0.2) is 9.18 Å². The molecule has 0 spiro atoms. The van der Waals surface area contributed by atoms with Crippen LogP contribution >= 0.6 is 0 Å². The first-order valence-electron chi connectivity index (χ1n) is 12.3. The minimum absolute atomic E-state index is 0.0380. The van der Waals surface area contributed by atoms with E-state index in [0.29, 0.717) is 19.2 Å². The Bertz CT molecular complexity index is 1490. The number of hydrogen-bond acceptors (Lipinski definition) is 5. The van der Waals surface area contributed by atoms with Crippen LogP contribution in [0.25, 0.3) is 10.9 Å². The number of pyridine rings is 1. The van der Waals surface area contributed by atoms with E-state index in [-0.39, 0.29) is 23.6 Å². The predicted octanol–water partition coefficient (Wildman–Crippen LogP) is 4.27. The van der Waals surface area contributed by atoms with Crippen molar-refractivity contribution in [3.05, 3.63) is 111 Å². The summed E-state index contributed by atoms with van der Waals surface area (Å²) in [5.74, 6) is -4.41. The van der Waals surface area contributed by atoms with E-state index in [1.54, 1.807) is 0 Å². The number of carboxylic acid groups (broad SMARTS) is 1. The fraction of sp³-hybridized carbons (Fsp3) is 0.241. The number of aromatic carboxylic acids is 1. The predicted molar refractivity (Wildman–Crippen MR) is 139 cm³/mol. The summed E-state index contributed by atoms with van der Waals surface area (Å²) in [6.45, 7) is 3.67. The van der Waals surface area contributed by atoms with Crippen LogP contribution in [0.3, 0.4) is 0 Å². The number of nitrogens with one attached hydrogen (secondary N) is 1. The average molecular weight is 520 g/mol. The summed E-state index contributed by atoms with van der Waals surface area (Å²) < 4.78 is 35.3. The van der Waals surface area contributed by atoms with Gasteiger partial charge >= 0.3 is 5.97 Å². The molecule has 0 saturated carbocycles. The Morgan fingerprint density at radius 3 is 2.32 bits per heavy atom. The molecule has 0 bridgehead atoms. The largest absolute Gasteiger partial charge is 0.487 e. The number of halogens is 2. The Balaban J connectivity index is 1.42. The molecule has 1 fully saturated rings. The van der Waals surface area contributed by atoms with Gasteiger partial charge in [0.1, 0.15) is 12.2 Å². The number of benzene rings is 3. The highest BCUT2D eigenvalue weighted by Gasteiger charge is 2.29. The Kier molecular flexibility index (Phi) is 7.48. The number of nitrogens with zero attached hydrogens (tertiary/aromatic N) is 2. The van der Waals surface area contributed by atoms with Crippen LogP contribution in [0.5, 0.6) is 5.75 Å². The molecule has 0 aliphatic carbocycles. The number of H-pyrrole nitrogens is 1. The molecule has 9 heteroatoms. The van der Waals surface area contributed by atoms with Gasteiger partial charge in [-0.1, -0.05) is 60.7 Å². The van der Waals surface area contributed by atoms with Crippen molar-refractivity contribution in [3.63, 3.8) is 0 Å². The van der Waals surface area contributed by atoms with Gasteiger partial charge in [-0.05, 0) is 17.2 Å². The zero-order chi connectivity index (χ0) is 26.6. The molecule has 1 aromatic heterocycles. The fourth-order valence-electron chi connectivity index (χ4n) is 4.88. The van der Waals surface area contributed by atoms with Gasteiger partial charge < -0.3 is 14.8 Å². The lowest BCUT2D eigenvalue weighted by Gasteiger charge is -2.41. The highest BCUT2D eigenvalue weighted by Crippen LogP contribution is 2.29. The van der Waals surface area contributed by atoms with Gasteiger partial charge in [-0.2, -0.15) is 4.39 Å². The molecular weight excluding hydrogens is 492 g/mol. The van der Waals surface area contributed by atoms with Gasteiger partial charge in [0.2, 0.25) is 11.2 Å². The lowest BCUT2D eigenvalue weighted by molar-refractivity contribution is 0.0369. The van der Waals surface area contributed by atoms with E-state index in [4.69, 9.17) is 4.74 Å². The molecule has 5 rings (SSSR count). The van der Waals surface area contributed by atoms with Crippen molar-refractivity contribution in [1.82, 2.24) is 14.8 Å². The maximum atomic E-state index is 14.9. The van der Waals surface area contributed by atoms with Crippen molar-refractivity contribution in [1.29, 1.82) is 0 Å². The molecule has 7 nitrogen and oxygen atoms in total. The zero-order valence-corrected chi connectivity index (χ0v) is 20.6. The van der Waals surface area contributed by atoms with Crippen LogP contribution in [0.15, 0.2) is 77.7 Å². The molecule has 0 radical (unpaired) electrons. The highest BCUT2D eigenvalue weighted by molar-refractivity contribution is 5.94. The molecule has 2 heterocycles. The second-order valence-electron chi connectivity index (χ2n) is 9.40. The minimum Gasteiger partial charge on any atom is -0.487 e. The lowest BCUT2D eigenvalue weighted by Crippen LogP contribution is -2.54. The highest BCUT2D eigenvalue weighted by atomic mass is 19.2. The molecule has 1 aliphatic heterocycles. The standard InChI is InChI=1S/C29H27F2N3O4/c30-24-13-22-26(32-14-23(27(22)35)29(36)37)28(25(24)31)38-18-21-17-33(15-19-7-3-1-4-8-19)11-12-34(21)16-20-9-5-2-6-10-20/h1-10,13-14,21H,11-12,15-18H2,(H,32,35)(H,36,37). The topological polar surface area (TPSA) is 85.9 Å². The van der Waals surface area contributed by atoms with Crippen LogP contribution < -0.4 is 10.2 Å². The number of aromatic amines is 1. The van der Waals surface area contributed by atoms with E-state index < -0.39 is 34.3 Å². The van der Waals surface area contributed by atoms with Gasteiger partial charge in [-0.15, -0.1) is 0 Å². The van der Waals surface area contributed by atoms with E-state index in [1.165, 1.54) is 5.56 Å². The van der Waals surface area contributed by atoms with Crippen molar-refractivity contribution in [2.75, 3.05) is 26.2 Å². The third kappa shape index (κ3) is 5.44. The molecular formula is C29H27F2N3O4. The van der Waals surface area contributed by atoms with E-state index in [2.05, 4.69) is 26.9 Å². The third-order valence-corrected chi connectivity index (χ3v) is 6.84. The lowest BCUT2D eigenvalue weighted by atomic mass is 10.1. The van der Waals surface area contributed by atoms with Gasteiger partial charge in [0.15, 0.2) is 11.6 Å². The molecule has 2 N–H and O–H groups in total. The number of carbonyl (C=O) groups is 1. The molecule has 3 aromatic carbocycles. The second kappa shape index (κ2) is 11.1. The summed E-state index contributed by atoms with van der Waals surface area (Å²) in [5, 5.41) is 8.96. The van der Waals surface area contributed by atoms with Gasteiger partial charge in [0, 0.05) is 38.9 Å². The Morgan fingerprint density at radius 2 is 1.66 bits per heavy atom.